The van der Waals surface area contributed by atoms with Gasteiger partial charge in [0.15, 0.2) is 0 Å². The minimum absolute atomic E-state index is 1.10. The Kier molecular flexibility index (Phi) is 9.87. The molecule has 0 spiro atoms. The lowest BCUT2D eigenvalue weighted by atomic mass is 9.96. The predicted molar refractivity (Wildman–Crippen MR) is 237 cm³/mol. The average Bonchev–Trinajstić information content (AvgIpc) is 3.42. The van der Waals surface area contributed by atoms with Crippen LogP contribution in [0.5, 0.6) is 0 Å². The molecule has 9 rings (SSSR count). The van der Waals surface area contributed by atoms with E-state index in [0.717, 1.165) is 12.1 Å². The second kappa shape index (κ2) is 15.5. The summed E-state index contributed by atoms with van der Waals surface area (Å²) >= 11 is 0. The zero-order chi connectivity index (χ0) is 36.9. The van der Waals surface area contributed by atoms with E-state index in [1.54, 1.807) is 6.08 Å². The molecular formula is C53H43N. The van der Waals surface area contributed by atoms with Gasteiger partial charge in [-0.3, -0.25) is 0 Å². The van der Waals surface area contributed by atoms with Crippen LogP contribution in [0.3, 0.4) is 0 Å². The number of benzene rings is 7. The van der Waals surface area contributed by atoms with Crippen molar-refractivity contribution in [3.05, 3.63) is 211 Å². The molecule has 0 radical (unpaired) electrons. The lowest BCUT2D eigenvalue weighted by molar-refractivity contribution is 1.19. The van der Waals surface area contributed by atoms with Crippen molar-refractivity contribution in [1.82, 2.24) is 4.57 Å². The second-order valence-electron chi connectivity index (χ2n) is 13.6. The van der Waals surface area contributed by atoms with Crippen LogP contribution in [0.4, 0.5) is 0 Å². The Morgan fingerprint density at radius 2 is 1.17 bits per heavy atom. The van der Waals surface area contributed by atoms with Crippen LogP contribution < -0.4 is 0 Å². The van der Waals surface area contributed by atoms with Crippen LogP contribution >= 0.6 is 0 Å². The molecule has 260 valence electrons. The molecule has 0 saturated carbocycles. The number of rotatable bonds is 6. The second-order valence-corrected chi connectivity index (χ2v) is 13.6. The summed E-state index contributed by atoms with van der Waals surface area (Å²) < 4.78 is 2.45. The summed E-state index contributed by atoms with van der Waals surface area (Å²) in [4.78, 5) is 0. The van der Waals surface area contributed by atoms with Crippen molar-refractivity contribution in [2.24, 2.45) is 0 Å². The Morgan fingerprint density at radius 3 is 1.93 bits per heavy atom. The normalized spacial score (nSPS) is 13.3. The minimum Gasteiger partial charge on any atom is -0.309 e. The van der Waals surface area contributed by atoms with Gasteiger partial charge in [-0.05, 0) is 105 Å². The predicted octanol–water partition coefficient (Wildman–Crippen LogP) is 15.1. The van der Waals surface area contributed by atoms with E-state index in [9.17, 15) is 0 Å². The minimum atomic E-state index is 1.10. The molecule has 1 aliphatic rings. The van der Waals surface area contributed by atoms with E-state index < -0.39 is 0 Å². The average molecular weight is 694 g/mol. The summed E-state index contributed by atoms with van der Waals surface area (Å²) in [5, 5.41) is 7.53. The summed E-state index contributed by atoms with van der Waals surface area (Å²) in [6, 6.07) is 51.4. The SMILES string of the molecule is C/C=C\C=C1/C=Cc2ccc(-c3ccc4c(ccc5c6ccc(-c7ccc8ccccc8c7)cc6n(-c6ccccc6)c45)c3)cc2C=C1.C=C/C=C\CC. The van der Waals surface area contributed by atoms with Crippen LogP contribution in [-0.2, 0) is 0 Å². The van der Waals surface area contributed by atoms with E-state index in [0.29, 0.717) is 0 Å². The van der Waals surface area contributed by atoms with E-state index in [2.05, 4.69) is 206 Å². The fourth-order valence-corrected chi connectivity index (χ4v) is 7.44. The highest BCUT2D eigenvalue weighted by molar-refractivity contribution is 6.19. The number of allylic oxidation sites excluding steroid dienone is 9. The number of fused-ring (bicyclic) bond motifs is 7. The third-order valence-electron chi connectivity index (χ3n) is 10.2. The number of nitrogens with zero attached hydrogens (tertiary/aromatic N) is 1. The highest BCUT2D eigenvalue weighted by Gasteiger charge is 2.17. The van der Waals surface area contributed by atoms with Gasteiger partial charge >= 0.3 is 0 Å². The maximum Gasteiger partial charge on any atom is 0.0619 e. The zero-order valence-corrected chi connectivity index (χ0v) is 30.9. The summed E-state index contributed by atoms with van der Waals surface area (Å²) in [5.74, 6) is 0. The van der Waals surface area contributed by atoms with Gasteiger partial charge in [-0.1, -0.05) is 177 Å². The van der Waals surface area contributed by atoms with Gasteiger partial charge in [0, 0.05) is 21.8 Å². The van der Waals surface area contributed by atoms with E-state index in [1.807, 2.05) is 13.0 Å². The van der Waals surface area contributed by atoms with Crippen LogP contribution in [0.15, 0.2) is 200 Å². The summed E-state index contributed by atoms with van der Waals surface area (Å²) in [7, 11) is 0. The molecule has 1 heteroatoms. The largest absolute Gasteiger partial charge is 0.309 e. The summed E-state index contributed by atoms with van der Waals surface area (Å²) in [5.41, 5.74) is 12.2. The molecular weight excluding hydrogens is 651 g/mol. The molecule has 7 aromatic carbocycles. The van der Waals surface area contributed by atoms with Crippen molar-refractivity contribution >= 4 is 55.5 Å². The molecule has 1 aliphatic carbocycles. The first-order chi connectivity index (χ1) is 26.6. The van der Waals surface area contributed by atoms with Crippen molar-refractivity contribution in [3.63, 3.8) is 0 Å². The van der Waals surface area contributed by atoms with E-state index in [-0.39, 0.29) is 0 Å². The summed E-state index contributed by atoms with van der Waals surface area (Å²) in [6.45, 7) is 7.65. The first kappa shape index (κ1) is 34.4. The van der Waals surface area contributed by atoms with Gasteiger partial charge in [-0.25, -0.2) is 0 Å². The van der Waals surface area contributed by atoms with Gasteiger partial charge in [-0.15, -0.1) is 0 Å². The van der Waals surface area contributed by atoms with Crippen LogP contribution in [-0.4, -0.2) is 4.57 Å². The van der Waals surface area contributed by atoms with Crippen LogP contribution in [0.25, 0.3) is 83.4 Å². The van der Waals surface area contributed by atoms with Crippen molar-refractivity contribution in [1.29, 1.82) is 0 Å². The Balaban J connectivity index is 0.000000640. The molecule has 1 aromatic heterocycles. The smallest absolute Gasteiger partial charge is 0.0619 e. The third kappa shape index (κ3) is 6.80. The van der Waals surface area contributed by atoms with Crippen molar-refractivity contribution in [3.8, 4) is 27.9 Å². The lowest BCUT2D eigenvalue weighted by Crippen LogP contribution is -1.94. The van der Waals surface area contributed by atoms with E-state index in [1.165, 1.54) is 82.3 Å². The first-order valence-corrected chi connectivity index (χ1v) is 18.8. The third-order valence-corrected chi connectivity index (χ3v) is 10.2. The molecule has 0 amide bonds. The zero-order valence-electron chi connectivity index (χ0n) is 30.9. The topological polar surface area (TPSA) is 4.93 Å². The van der Waals surface area contributed by atoms with Crippen molar-refractivity contribution in [2.75, 3.05) is 0 Å². The van der Waals surface area contributed by atoms with Crippen molar-refractivity contribution < 1.29 is 0 Å². The van der Waals surface area contributed by atoms with E-state index >= 15 is 0 Å². The van der Waals surface area contributed by atoms with Gasteiger partial charge in [0.1, 0.15) is 0 Å². The quantitative estimate of drug-likeness (QED) is 0.153. The number of para-hydroxylation sites is 1. The molecule has 0 saturated heterocycles. The molecule has 0 unspecified atom stereocenters. The van der Waals surface area contributed by atoms with Gasteiger partial charge < -0.3 is 4.57 Å². The molecule has 0 N–H and O–H groups in total. The molecule has 1 nitrogen and oxygen atoms in total. The lowest BCUT2D eigenvalue weighted by Gasteiger charge is -2.12. The standard InChI is InChI=1S/C47H33N.C6H10/c1-2-3-9-32-14-16-34-19-21-37(29-36(34)17-15-32)39-22-25-43-41(30-39)24-27-45-44-26-23-40(38-20-18-33-10-7-8-11-35(33)28-38)31-46(44)48(47(43)45)42-12-5-4-6-13-42;1-3-5-6-4-2/h2-31H,1H3;3,5-6H,1,4H2,2H3/b3-2-,32-9+;6-5-. The number of hydrogen-bond acceptors (Lipinski definition) is 0. The Bertz CT molecular complexity index is 2820. The highest BCUT2D eigenvalue weighted by Crippen LogP contribution is 2.40. The maximum absolute atomic E-state index is 3.51. The fourth-order valence-electron chi connectivity index (χ4n) is 7.44. The summed E-state index contributed by atoms with van der Waals surface area (Å²) in [6.07, 6.45) is 22.0. The molecule has 0 fully saturated rings. The molecule has 0 aliphatic heterocycles. The van der Waals surface area contributed by atoms with Gasteiger partial charge in [-0.2, -0.15) is 0 Å². The van der Waals surface area contributed by atoms with E-state index in [4.69, 9.17) is 0 Å². The highest BCUT2D eigenvalue weighted by atomic mass is 15.0. The Hall–Kier alpha value is -6.70. The Labute approximate surface area is 318 Å². The molecule has 54 heavy (non-hydrogen) atoms. The first-order valence-electron chi connectivity index (χ1n) is 18.8. The van der Waals surface area contributed by atoms with Crippen molar-refractivity contribution in [2.45, 2.75) is 20.3 Å². The molecule has 1 heterocycles. The molecule has 0 bridgehead atoms. The van der Waals surface area contributed by atoms with Crippen LogP contribution in [0, 0.1) is 0 Å². The van der Waals surface area contributed by atoms with Gasteiger partial charge in [0.05, 0.1) is 11.0 Å². The molecule has 8 aromatic rings. The maximum atomic E-state index is 3.51. The Morgan fingerprint density at radius 1 is 0.537 bits per heavy atom. The number of aromatic nitrogens is 1. The monoisotopic (exact) mass is 693 g/mol. The van der Waals surface area contributed by atoms with Gasteiger partial charge in [0.2, 0.25) is 0 Å². The molecule has 0 atom stereocenters. The van der Waals surface area contributed by atoms with Crippen LogP contribution in [0.1, 0.15) is 31.4 Å². The fraction of sp³-hybridized carbons (Fsp3) is 0.0566. The number of hydrogen-bond donors (Lipinski definition) is 0. The van der Waals surface area contributed by atoms with Crippen LogP contribution in [0.2, 0.25) is 0 Å². The van der Waals surface area contributed by atoms with Gasteiger partial charge in [0.25, 0.3) is 0 Å².